The van der Waals surface area contributed by atoms with E-state index in [2.05, 4.69) is 10.3 Å². The van der Waals surface area contributed by atoms with Crippen LogP contribution in [0.4, 0.5) is 10.8 Å². The molecule has 9 heteroatoms. The minimum Gasteiger partial charge on any atom is -0.494 e. The molecule has 0 aliphatic rings. The Morgan fingerprint density at radius 3 is 2.70 bits per heavy atom. The highest BCUT2D eigenvalue weighted by Gasteiger charge is 2.12. The molecule has 1 aromatic heterocycles. The number of benzene rings is 2. The van der Waals surface area contributed by atoms with Gasteiger partial charge in [-0.15, -0.1) is 11.3 Å². The van der Waals surface area contributed by atoms with Crippen LogP contribution in [0.25, 0.3) is 11.3 Å². The minimum atomic E-state index is -0.451. The molecule has 156 valence electrons. The van der Waals surface area contributed by atoms with Crippen LogP contribution in [0.5, 0.6) is 5.75 Å². The summed E-state index contributed by atoms with van der Waals surface area (Å²) in [4.78, 5) is 27.0. The van der Waals surface area contributed by atoms with Gasteiger partial charge in [-0.1, -0.05) is 23.7 Å². The Kier molecular flexibility index (Phi) is 7.02. The molecule has 0 spiro atoms. The molecule has 0 radical (unpaired) electrons. The number of thiazole rings is 1. The molecule has 7 nitrogen and oxygen atoms in total. The summed E-state index contributed by atoms with van der Waals surface area (Å²) >= 11 is 7.42. The van der Waals surface area contributed by atoms with Crippen LogP contribution in [0.2, 0.25) is 5.02 Å². The highest BCUT2D eigenvalue weighted by molar-refractivity contribution is 7.14. The van der Waals surface area contributed by atoms with Gasteiger partial charge in [-0.2, -0.15) is 0 Å². The van der Waals surface area contributed by atoms with Crippen molar-refractivity contribution in [2.45, 2.75) is 26.7 Å². The number of non-ortho nitro benzene ring substituents is 1. The van der Waals surface area contributed by atoms with Gasteiger partial charge < -0.3 is 10.1 Å². The number of nitrogens with one attached hydrogen (secondary N) is 1. The second-order valence-electron chi connectivity index (χ2n) is 6.72. The van der Waals surface area contributed by atoms with Crippen molar-refractivity contribution >= 4 is 39.7 Å². The summed E-state index contributed by atoms with van der Waals surface area (Å²) in [5.74, 6) is 0.568. The van der Waals surface area contributed by atoms with Gasteiger partial charge in [0.15, 0.2) is 5.13 Å². The average molecular weight is 446 g/mol. The van der Waals surface area contributed by atoms with E-state index in [0.717, 1.165) is 21.9 Å². The largest absolute Gasteiger partial charge is 0.494 e. The quantitative estimate of drug-likeness (QED) is 0.269. The number of anilines is 1. The second-order valence-corrected chi connectivity index (χ2v) is 7.95. The molecular weight excluding hydrogens is 426 g/mol. The van der Waals surface area contributed by atoms with Crippen LogP contribution in [0.1, 0.15) is 24.0 Å². The van der Waals surface area contributed by atoms with Crippen LogP contribution >= 0.6 is 22.9 Å². The first-order chi connectivity index (χ1) is 14.3. The smallest absolute Gasteiger partial charge is 0.270 e. The van der Waals surface area contributed by atoms with Gasteiger partial charge in [-0.05, 0) is 43.5 Å². The standard InChI is InChI=1S/C21H20ClN3O4S/c1-13-9-17(10-14(2)20(13)22)29-8-4-7-19(26)24-21-23-18(12-30-21)15-5-3-6-16(11-15)25(27)28/h3,5-6,9-12H,4,7-8H2,1-2H3,(H,23,24,26). The summed E-state index contributed by atoms with van der Waals surface area (Å²) in [6.45, 7) is 4.25. The number of ether oxygens (including phenoxy) is 1. The molecule has 1 N–H and O–H groups in total. The first-order valence-electron chi connectivity index (χ1n) is 9.23. The van der Waals surface area contributed by atoms with E-state index >= 15 is 0 Å². The number of hydrogen-bond acceptors (Lipinski definition) is 6. The molecular formula is C21H20ClN3O4S. The molecule has 0 atom stereocenters. The van der Waals surface area contributed by atoms with Gasteiger partial charge >= 0.3 is 0 Å². The van der Waals surface area contributed by atoms with Gasteiger partial charge in [-0.3, -0.25) is 14.9 Å². The summed E-state index contributed by atoms with van der Waals surface area (Å²) in [6.07, 6.45) is 0.840. The van der Waals surface area contributed by atoms with E-state index in [1.165, 1.54) is 23.5 Å². The molecule has 0 saturated heterocycles. The molecule has 1 amide bonds. The Morgan fingerprint density at radius 1 is 1.27 bits per heavy atom. The number of rotatable bonds is 8. The number of carbonyl (C=O) groups is 1. The third-order valence-corrected chi connectivity index (χ3v) is 5.68. The van der Waals surface area contributed by atoms with Gasteiger partial charge in [0.25, 0.3) is 5.69 Å². The molecule has 2 aromatic carbocycles. The van der Waals surface area contributed by atoms with E-state index in [0.29, 0.717) is 29.4 Å². The summed E-state index contributed by atoms with van der Waals surface area (Å²) < 4.78 is 5.71. The summed E-state index contributed by atoms with van der Waals surface area (Å²) in [5.41, 5.74) is 3.11. The Labute approximate surface area is 182 Å². The third-order valence-electron chi connectivity index (χ3n) is 4.33. The molecule has 30 heavy (non-hydrogen) atoms. The molecule has 0 saturated carbocycles. The number of halogens is 1. The maximum atomic E-state index is 12.2. The van der Waals surface area contributed by atoms with Gasteiger partial charge in [-0.25, -0.2) is 4.98 Å². The van der Waals surface area contributed by atoms with Gasteiger partial charge in [0.2, 0.25) is 5.91 Å². The van der Waals surface area contributed by atoms with Gasteiger partial charge in [0.1, 0.15) is 5.75 Å². The number of nitrogens with zero attached hydrogens (tertiary/aromatic N) is 2. The number of carbonyl (C=O) groups excluding carboxylic acids is 1. The zero-order valence-corrected chi connectivity index (χ0v) is 18.0. The van der Waals surface area contributed by atoms with E-state index < -0.39 is 4.92 Å². The Morgan fingerprint density at radius 2 is 2.00 bits per heavy atom. The van der Waals surface area contributed by atoms with Crippen molar-refractivity contribution in [2.75, 3.05) is 11.9 Å². The molecule has 3 rings (SSSR count). The lowest BCUT2D eigenvalue weighted by Crippen LogP contribution is -2.12. The predicted molar refractivity (Wildman–Crippen MR) is 118 cm³/mol. The average Bonchev–Trinajstić information content (AvgIpc) is 3.18. The second kappa shape index (κ2) is 9.69. The van der Waals surface area contributed by atoms with E-state index in [1.54, 1.807) is 17.5 Å². The number of nitro benzene ring substituents is 1. The highest BCUT2D eigenvalue weighted by atomic mass is 35.5. The van der Waals surface area contributed by atoms with Crippen LogP contribution in [0.15, 0.2) is 41.8 Å². The lowest BCUT2D eigenvalue weighted by Gasteiger charge is -2.09. The number of hydrogen-bond donors (Lipinski definition) is 1. The van der Waals surface area contributed by atoms with Crippen molar-refractivity contribution in [1.82, 2.24) is 4.98 Å². The molecule has 1 heterocycles. The zero-order valence-electron chi connectivity index (χ0n) is 16.5. The zero-order chi connectivity index (χ0) is 21.7. The van der Waals surface area contributed by atoms with E-state index in [1.807, 2.05) is 26.0 Å². The summed E-state index contributed by atoms with van der Waals surface area (Å²) in [7, 11) is 0. The molecule has 0 fully saturated rings. The fourth-order valence-corrected chi connectivity index (χ4v) is 3.68. The number of amides is 1. The van der Waals surface area contributed by atoms with Crippen molar-refractivity contribution < 1.29 is 14.5 Å². The lowest BCUT2D eigenvalue weighted by molar-refractivity contribution is -0.384. The van der Waals surface area contributed by atoms with Crippen LogP contribution in [-0.2, 0) is 4.79 Å². The van der Waals surface area contributed by atoms with Crippen molar-refractivity contribution in [2.24, 2.45) is 0 Å². The van der Waals surface area contributed by atoms with Crippen molar-refractivity contribution in [3.05, 3.63) is 68.0 Å². The van der Waals surface area contributed by atoms with Gasteiger partial charge in [0, 0.05) is 34.5 Å². The maximum absolute atomic E-state index is 12.2. The summed E-state index contributed by atoms with van der Waals surface area (Å²) in [5, 5.41) is 16.6. The Hall–Kier alpha value is -2.97. The highest BCUT2D eigenvalue weighted by Crippen LogP contribution is 2.28. The van der Waals surface area contributed by atoms with Crippen LogP contribution in [-0.4, -0.2) is 22.4 Å². The van der Waals surface area contributed by atoms with Crippen LogP contribution in [0.3, 0.4) is 0 Å². The van der Waals surface area contributed by atoms with E-state index in [4.69, 9.17) is 16.3 Å². The van der Waals surface area contributed by atoms with Crippen molar-refractivity contribution in [3.8, 4) is 17.0 Å². The number of aryl methyl sites for hydroxylation is 2. The first kappa shape index (κ1) is 21.7. The predicted octanol–water partition coefficient (Wildman–Crippen LogP) is 5.79. The molecule has 0 unspecified atom stereocenters. The molecule has 3 aromatic rings. The third kappa shape index (κ3) is 5.55. The number of aromatic nitrogens is 1. The van der Waals surface area contributed by atoms with Crippen LogP contribution < -0.4 is 10.1 Å². The fourth-order valence-electron chi connectivity index (χ4n) is 2.84. The fraction of sp³-hybridized carbons (Fsp3) is 0.238. The van der Waals surface area contributed by atoms with E-state index in [-0.39, 0.29) is 18.0 Å². The monoisotopic (exact) mass is 445 g/mol. The summed E-state index contributed by atoms with van der Waals surface area (Å²) in [6, 6.07) is 9.98. The van der Waals surface area contributed by atoms with Crippen molar-refractivity contribution in [3.63, 3.8) is 0 Å². The SMILES string of the molecule is Cc1cc(OCCCC(=O)Nc2nc(-c3cccc([N+](=O)[O-])c3)cs2)cc(C)c1Cl. The first-order valence-corrected chi connectivity index (χ1v) is 10.5. The van der Waals surface area contributed by atoms with Gasteiger partial charge in [0.05, 0.1) is 17.2 Å². The van der Waals surface area contributed by atoms with Crippen molar-refractivity contribution in [1.29, 1.82) is 0 Å². The Bertz CT molecular complexity index is 1060. The lowest BCUT2D eigenvalue weighted by atomic mass is 10.1. The number of nitro groups is 1. The molecule has 0 aliphatic carbocycles. The maximum Gasteiger partial charge on any atom is 0.270 e. The molecule has 0 aliphatic heterocycles. The van der Waals surface area contributed by atoms with Crippen LogP contribution in [0, 0.1) is 24.0 Å². The van der Waals surface area contributed by atoms with E-state index in [9.17, 15) is 14.9 Å². The topological polar surface area (TPSA) is 94.4 Å². The molecule has 0 bridgehead atoms. The normalized spacial score (nSPS) is 10.6. The minimum absolute atomic E-state index is 0.00263. The Balaban J connectivity index is 1.49.